The van der Waals surface area contributed by atoms with Gasteiger partial charge in [-0.3, -0.25) is 10.1 Å². The molecular formula is C21H21F3N6O. The summed E-state index contributed by atoms with van der Waals surface area (Å²) < 4.78 is 41.7. The molecule has 0 aliphatic carbocycles. The SMILES string of the molecule is O=C(c1ccccc1-n1nccn1)N1C2CCC1C(NC1(C(F)(F)F)C=CC=CN1)C2. The number of carbonyl (C=O) groups excluding carboxylic acids is 1. The molecule has 4 heterocycles. The van der Waals surface area contributed by atoms with Crippen molar-refractivity contribution in [1.82, 2.24) is 30.5 Å². The minimum atomic E-state index is -4.54. The Kier molecular flexibility index (Phi) is 4.62. The first-order valence-corrected chi connectivity index (χ1v) is 10.1. The smallest absolute Gasteiger partial charge is 0.363 e. The summed E-state index contributed by atoms with van der Waals surface area (Å²) in [5.74, 6) is -0.210. The highest BCUT2D eigenvalue weighted by molar-refractivity contribution is 5.98. The quantitative estimate of drug-likeness (QED) is 0.780. The van der Waals surface area contributed by atoms with Crippen LogP contribution in [0.3, 0.4) is 0 Å². The fourth-order valence-corrected chi connectivity index (χ4v) is 4.89. The van der Waals surface area contributed by atoms with Gasteiger partial charge in [0, 0.05) is 18.1 Å². The maximum atomic E-state index is 13.9. The summed E-state index contributed by atoms with van der Waals surface area (Å²) in [6.45, 7) is 0. The molecule has 1 aromatic carbocycles. The van der Waals surface area contributed by atoms with E-state index in [1.54, 1.807) is 29.2 Å². The molecule has 10 heteroatoms. The maximum absolute atomic E-state index is 13.9. The average molecular weight is 430 g/mol. The second-order valence-corrected chi connectivity index (χ2v) is 8.00. The molecule has 1 amide bonds. The number of aromatic nitrogens is 3. The van der Waals surface area contributed by atoms with Crippen LogP contribution in [0.2, 0.25) is 0 Å². The number of dihydropyridines is 1. The predicted molar refractivity (Wildman–Crippen MR) is 106 cm³/mol. The van der Waals surface area contributed by atoms with Crippen molar-refractivity contribution in [3.05, 3.63) is 66.7 Å². The Balaban J connectivity index is 1.42. The molecule has 4 atom stereocenters. The molecule has 2 aromatic rings. The Morgan fingerprint density at radius 2 is 1.94 bits per heavy atom. The lowest BCUT2D eigenvalue weighted by Gasteiger charge is -2.39. The molecule has 3 aliphatic rings. The van der Waals surface area contributed by atoms with E-state index in [2.05, 4.69) is 20.8 Å². The Hall–Kier alpha value is -3.14. The van der Waals surface area contributed by atoms with Crippen molar-refractivity contribution in [3.8, 4) is 5.69 Å². The van der Waals surface area contributed by atoms with Gasteiger partial charge in [-0.1, -0.05) is 18.2 Å². The first-order chi connectivity index (χ1) is 14.9. The molecule has 2 saturated heterocycles. The third-order valence-electron chi connectivity index (χ3n) is 6.26. The predicted octanol–water partition coefficient (Wildman–Crippen LogP) is 2.53. The van der Waals surface area contributed by atoms with E-state index in [0.717, 1.165) is 12.5 Å². The molecule has 2 bridgehead atoms. The highest BCUT2D eigenvalue weighted by atomic mass is 19.4. The number of para-hydroxylation sites is 1. The van der Waals surface area contributed by atoms with Crippen LogP contribution in [0.25, 0.3) is 5.69 Å². The number of halogens is 3. The Labute approximate surface area is 176 Å². The van der Waals surface area contributed by atoms with Crippen LogP contribution >= 0.6 is 0 Å². The Morgan fingerprint density at radius 1 is 1.16 bits per heavy atom. The molecule has 3 aliphatic heterocycles. The zero-order valence-electron chi connectivity index (χ0n) is 16.5. The summed E-state index contributed by atoms with van der Waals surface area (Å²) in [4.78, 5) is 16.6. The lowest BCUT2D eigenvalue weighted by Crippen LogP contribution is -2.68. The molecule has 0 spiro atoms. The molecule has 0 radical (unpaired) electrons. The third kappa shape index (κ3) is 3.21. The summed E-state index contributed by atoms with van der Waals surface area (Å²) in [7, 11) is 0. The number of hydrogen-bond donors (Lipinski definition) is 2. The Bertz CT molecular complexity index is 1030. The molecule has 0 saturated carbocycles. The van der Waals surface area contributed by atoms with Crippen molar-refractivity contribution >= 4 is 5.91 Å². The number of fused-ring (bicyclic) bond motifs is 2. The minimum absolute atomic E-state index is 0.109. The molecular weight excluding hydrogens is 409 g/mol. The first-order valence-electron chi connectivity index (χ1n) is 10.1. The standard InChI is InChI=1S/C21H21F3N6O/c22-21(23,24)20(9-3-4-10-25-20)28-16-13-14-7-8-18(16)29(14)19(31)15-5-1-2-6-17(15)30-26-11-12-27-30/h1-6,9-12,14,16,18,25,28H,7-8,13H2. The van der Waals surface area contributed by atoms with E-state index in [4.69, 9.17) is 0 Å². The zero-order chi connectivity index (χ0) is 21.6. The van der Waals surface area contributed by atoms with E-state index < -0.39 is 17.9 Å². The largest absolute Gasteiger partial charge is 0.428 e. The lowest BCUT2D eigenvalue weighted by molar-refractivity contribution is -0.191. The van der Waals surface area contributed by atoms with E-state index >= 15 is 0 Å². The normalized spacial score (nSPS) is 29.4. The summed E-state index contributed by atoms with van der Waals surface area (Å²) in [6, 6.07) is 6.09. The molecule has 1 aromatic heterocycles. The van der Waals surface area contributed by atoms with Crippen LogP contribution in [-0.4, -0.2) is 55.8 Å². The van der Waals surface area contributed by atoms with E-state index in [9.17, 15) is 18.0 Å². The second-order valence-electron chi connectivity index (χ2n) is 8.00. The number of allylic oxidation sites excluding steroid dienone is 2. The minimum Gasteiger partial charge on any atom is -0.363 e. The maximum Gasteiger partial charge on any atom is 0.428 e. The topological polar surface area (TPSA) is 75.1 Å². The first kappa shape index (κ1) is 19.8. The van der Waals surface area contributed by atoms with Gasteiger partial charge in [0.1, 0.15) is 0 Å². The van der Waals surface area contributed by atoms with Gasteiger partial charge in [0.05, 0.1) is 23.6 Å². The van der Waals surface area contributed by atoms with Gasteiger partial charge in [-0.25, -0.2) is 0 Å². The molecule has 31 heavy (non-hydrogen) atoms. The summed E-state index contributed by atoms with van der Waals surface area (Å²) in [5.41, 5.74) is -1.37. The molecule has 2 N–H and O–H groups in total. The van der Waals surface area contributed by atoms with Gasteiger partial charge in [-0.05, 0) is 49.7 Å². The van der Waals surface area contributed by atoms with E-state index in [1.165, 1.54) is 35.5 Å². The van der Waals surface area contributed by atoms with Crippen molar-refractivity contribution in [2.45, 2.75) is 49.2 Å². The molecule has 4 unspecified atom stereocenters. The number of carbonyl (C=O) groups is 1. The summed E-state index contributed by atoms with van der Waals surface area (Å²) in [6.07, 6.45) is 5.67. The monoisotopic (exact) mass is 430 g/mol. The zero-order valence-corrected chi connectivity index (χ0v) is 16.5. The number of nitrogens with zero attached hydrogens (tertiary/aromatic N) is 4. The fraction of sp³-hybridized carbons (Fsp3) is 0.381. The van der Waals surface area contributed by atoms with Crippen molar-refractivity contribution in [1.29, 1.82) is 0 Å². The van der Waals surface area contributed by atoms with Gasteiger partial charge < -0.3 is 10.2 Å². The number of rotatable bonds is 4. The third-order valence-corrected chi connectivity index (χ3v) is 6.26. The molecule has 7 nitrogen and oxygen atoms in total. The van der Waals surface area contributed by atoms with Gasteiger partial charge in [0.15, 0.2) is 0 Å². The van der Waals surface area contributed by atoms with Crippen LogP contribution < -0.4 is 10.6 Å². The van der Waals surface area contributed by atoms with Gasteiger partial charge in [0.25, 0.3) is 5.91 Å². The van der Waals surface area contributed by atoms with Crippen molar-refractivity contribution < 1.29 is 18.0 Å². The lowest BCUT2D eigenvalue weighted by atomic mass is 9.93. The highest BCUT2D eigenvalue weighted by Gasteiger charge is 2.58. The van der Waals surface area contributed by atoms with E-state index in [0.29, 0.717) is 24.1 Å². The van der Waals surface area contributed by atoms with Gasteiger partial charge in [0.2, 0.25) is 5.66 Å². The summed E-state index contributed by atoms with van der Waals surface area (Å²) in [5, 5.41) is 13.4. The van der Waals surface area contributed by atoms with Crippen LogP contribution in [0.15, 0.2) is 61.1 Å². The number of benzene rings is 1. The highest BCUT2D eigenvalue weighted by Crippen LogP contribution is 2.41. The van der Waals surface area contributed by atoms with Crippen LogP contribution in [0.1, 0.15) is 29.6 Å². The number of alkyl halides is 3. The molecule has 2 fully saturated rings. The van der Waals surface area contributed by atoms with Crippen LogP contribution in [0.5, 0.6) is 0 Å². The van der Waals surface area contributed by atoms with Crippen molar-refractivity contribution in [2.24, 2.45) is 0 Å². The van der Waals surface area contributed by atoms with Crippen molar-refractivity contribution in [2.75, 3.05) is 0 Å². The van der Waals surface area contributed by atoms with Crippen LogP contribution in [0, 0.1) is 0 Å². The molecule has 5 rings (SSSR count). The van der Waals surface area contributed by atoms with Crippen molar-refractivity contribution in [3.63, 3.8) is 0 Å². The number of nitrogens with one attached hydrogen (secondary N) is 2. The fourth-order valence-electron chi connectivity index (χ4n) is 4.89. The summed E-state index contributed by atoms with van der Waals surface area (Å²) >= 11 is 0. The second kappa shape index (κ2) is 7.23. The molecule has 162 valence electrons. The number of amides is 1. The van der Waals surface area contributed by atoms with Gasteiger partial charge in [-0.15, -0.1) is 0 Å². The van der Waals surface area contributed by atoms with E-state index in [1.807, 2.05) is 0 Å². The van der Waals surface area contributed by atoms with Gasteiger partial charge >= 0.3 is 6.18 Å². The van der Waals surface area contributed by atoms with Crippen LogP contribution in [-0.2, 0) is 0 Å². The number of hydrogen-bond acceptors (Lipinski definition) is 5. The van der Waals surface area contributed by atoms with E-state index in [-0.39, 0.29) is 18.0 Å². The Morgan fingerprint density at radius 3 is 2.65 bits per heavy atom. The van der Waals surface area contributed by atoms with Gasteiger partial charge in [-0.2, -0.15) is 28.2 Å². The average Bonchev–Trinajstić information content (AvgIpc) is 3.50. The van der Waals surface area contributed by atoms with Crippen LogP contribution in [0.4, 0.5) is 13.2 Å².